The third-order valence-electron chi connectivity index (χ3n) is 7.85. The van der Waals surface area contributed by atoms with Gasteiger partial charge in [-0.15, -0.1) is 11.3 Å². The van der Waals surface area contributed by atoms with Crippen molar-refractivity contribution < 1.29 is 27.7 Å². The van der Waals surface area contributed by atoms with Crippen molar-refractivity contribution in [3.05, 3.63) is 156 Å². The second-order valence-electron chi connectivity index (χ2n) is 11.5. The van der Waals surface area contributed by atoms with E-state index in [1.54, 1.807) is 11.4 Å². The fourth-order valence-electron chi connectivity index (χ4n) is 5.33. The second-order valence-corrected chi connectivity index (χ2v) is 14.2. The first-order valence-electron chi connectivity index (χ1n) is 16.3. The lowest BCUT2D eigenvalue weighted by molar-refractivity contribution is -0.218. The van der Waals surface area contributed by atoms with Crippen LogP contribution in [-0.2, 0) is 23.1 Å². The molecule has 50 heavy (non-hydrogen) atoms. The fourth-order valence-corrected chi connectivity index (χ4v) is 7.25. The first-order valence-corrected chi connectivity index (χ1v) is 18.6. The molecule has 0 bridgehead atoms. The molecule has 0 aliphatic heterocycles. The van der Waals surface area contributed by atoms with Gasteiger partial charge in [0.25, 0.3) is 10.0 Å². The Hall–Kier alpha value is -5.38. The topological polar surface area (TPSA) is 97.3 Å². The van der Waals surface area contributed by atoms with Crippen LogP contribution in [0.1, 0.15) is 24.0 Å². The molecule has 0 spiro atoms. The molecule has 254 valence electrons. The molecule has 0 N–H and O–H groups in total. The molecule has 6 rings (SSSR count). The minimum atomic E-state index is -3.97. The van der Waals surface area contributed by atoms with Crippen LogP contribution in [0.5, 0.6) is 17.2 Å². The van der Waals surface area contributed by atoms with E-state index >= 15 is 0 Å². The van der Waals surface area contributed by atoms with Gasteiger partial charge in [-0.1, -0.05) is 97.1 Å². The Balaban J connectivity index is 0.936. The van der Waals surface area contributed by atoms with Crippen LogP contribution in [0.3, 0.4) is 0 Å². The van der Waals surface area contributed by atoms with E-state index in [0.29, 0.717) is 32.7 Å². The Bertz CT molecular complexity index is 2100. The van der Waals surface area contributed by atoms with Gasteiger partial charge >= 0.3 is 0 Å². The molecule has 0 atom stereocenters. The van der Waals surface area contributed by atoms with Crippen molar-refractivity contribution in [2.45, 2.75) is 30.1 Å². The van der Waals surface area contributed by atoms with Crippen LogP contribution in [0.4, 0.5) is 0 Å². The van der Waals surface area contributed by atoms with E-state index in [1.807, 2.05) is 103 Å². The van der Waals surface area contributed by atoms with Gasteiger partial charge in [-0.25, -0.2) is 0 Å². The summed E-state index contributed by atoms with van der Waals surface area (Å²) in [7, 11) is -3.97. The summed E-state index contributed by atoms with van der Waals surface area (Å²) in [6.45, 7) is 1.45. The van der Waals surface area contributed by atoms with E-state index in [9.17, 15) is 13.5 Å². The highest BCUT2D eigenvalue weighted by Gasteiger charge is 2.13. The fraction of sp³-hybridized carbons (Fsp3) is 0.146. The molecular weight excluding hydrogens is 667 g/mol. The molecule has 1 aromatic heterocycles. The summed E-state index contributed by atoms with van der Waals surface area (Å²) in [5.74, 6) is 1.68. The van der Waals surface area contributed by atoms with E-state index < -0.39 is 15.9 Å². The summed E-state index contributed by atoms with van der Waals surface area (Å²) in [5, 5.41) is 14.0. The monoisotopic (exact) mass is 702 g/mol. The number of thiophene rings is 1. The number of benzene rings is 5. The van der Waals surface area contributed by atoms with Crippen LogP contribution in [0.15, 0.2) is 154 Å². The highest BCUT2D eigenvalue weighted by molar-refractivity contribution is 7.92. The summed E-state index contributed by atoms with van der Waals surface area (Å²) < 4.78 is 46.1. The summed E-state index contributed by atoms with van der Waals surface area (Å²) in [5.41, 5.74) is 6.22. The van der Waals surface area contributed by atoms with Crippen molar-refractivity contribution in [3.8, 4) is 39.5 Å². The molecular formula is C41H36NO6S2-. The molecule has 0 saturated heterocycles. The smallest absolute Gasteiger partial charge is 0.290 e. The number of ether oxygens (including phenoxy) is 3. The number of rotatable bonds is 16. The normalized spacial score (nSPS) is 11.6. The Morgan fingerprint density at radius 2 is 1.30 bits per heavy atom. The Morgan fingerprint density at radius 3 is 2.04 bits per heavy atom. The molecule has 0 radical (unpaired) electrons. The van der Waals surface area contributed by atoms with Crippen molar-refractivity contribution in [3.63, 3.8) is 0 Å². The lowest BCUT2D eigenvalue weighted by atomic mass is 9.96. The number of hydrogen-bond donors (Lipinski definition) is 0. The summed E-state index contributed by atoms with van der Waals surface area (Å²) in [4.78, 5) is 0. The predicted octanol–water partition coefficient (Wildman–Crippen LogP) is 8.59. The molecule has 9 heteroatoms. The van der Waals surface area contributed by atoms with Gasteiger partial charge in [0.2, 0.25) is 0 Å². The summed E-state index contributed by atoms with van der Waals surface area (Å²) >= 11 is 1.04. The summed E-state index contributed by atoms with van der Waals surface area (Å²) in [6.07, 6.45) is 1.07. The molecule has 0 aliphatic carbocycles. The highest BCUT2D eigenvalue weighted by atomic mass is 32.2. The third kappa shape index (κ3) is 9.62. The number of sulfonamides is 1. The van der Waals surface area contributed by atoms with Crippen molar-refractivity contribution >= 4 is 27.3 Å². The van der Waals surface area contributed by atoms with E-state index in [0.717, 1.165) is 56.4 Å². The lowest BCUT2D eigenvalue weighted by Gasteiger charge is -2.14. The highest BCUT2D eigenvalue weighted by Crippen LogP contribution is 2.28. The van der Waals surface area contributed by atoms with Crippen molar-refractivity contribution in [1.29, 1.82) is 0 Å². The minimum absolute atomic E-state index is 0.00703. The maximum atomic E-state index is 12.4. The maximum absolute atomic E-state index is 12.4. The van der Waals surface area contributed by atoms with Crippen molar-refractivity contribution in [1.82, 2.24) is 0 Å². The Labute approximate surface area is 297 Å². The van der Waals surface area contributed by atoms with Gasteiger partial charge in [0.15, 0.2) is 0 Å². The molecule has 5 aromatic carbocycles. The van der Waals surface area contributed by atoms with Gasteiger partial charge in [-0.2, -0.15) is 12.8 Å². The predicted molar refractivity (Wildman–Crippen MR) is 197 cm³/mol. The zero-order chi connectivity index (χ0) is 34.6. The van der Waals surface area contributed by atoms with Crippen LogP contribution < -0.4 is 19.3 Å². The molecule has 0 unspecified atom stereocenters. The quantitative estimate of drug-likeness (QED) is 0.0570. The Morgan fingerprint density at radius 1 is 0.640 bits per heavy atom. The molecule has 0 amide bonds. The van der Waals surface area contributed by atoms with Gasteiger partial charge in [-0.05, 0) is 100.0 Å². The average molecular weight is 703 g/mol. The molecule has 0 saturated carbocycles. The van der Waals surface area contributed by atoms with Crippen LogP contribution >= 0.6 is 11.3 Å². The van der Waals surface area contributed by atoms with E-state index in [1.165, 1.54) is 11.6 Å². The molecule has 7 nitrogen and oxygen atoms in total. The SMILES string of the molecule is O=S(=O)(/N=C(/[O-])CCc1ccccc1-c1ccc(OCCCOc2cccc(COc3ccc(-c4ccccc4)cc3)c2)cc1)c1cccs1. The largest absolute Gasteiger partial charge is 0.861 e. The summed E-state index contributed by atoms with van der Waals surface area (Å²) in [6, 6.07) is 44.9. The third-order valence-corrected chi connectivity index (χ3v) is 10.5. The standard InChI is InChI=1S/C41H37NO6S2/c43-40(42-50(44,45)41-15-7-28-49-41)25-20-34-12-4-5-14-39(34)35-18-23-36(24-19-35)46-26-8-27-47-38-13-6-9-31(29-38)30-48-37-21-16-33(17-22-37)32-10-2-1-3-11-32/h1-7,9-19,21-24,28-29H,8,20,25-27,30H2,(H,42,43)/p-1. The van der Waals surface area contributed by atoms with E-state index in [-0.39, 0.29) is 10.6 Å². The van der Waals surface area contributed by atoms with Crippen molar-refractivity contribution in [2.24, 2.45) is 4.40 Å². The number of aryl methyl sites for hydroxylation is 1. The molecule has 0 fully saturated rings. The molecule has 6 aromatic rings. The van der Waals surface area contributed by atoms with E-state index in [2.05, 4.69) is 28.7 Å². The van der Waals surface area contributed by atoms with E-state index in [4.69, 9.17) is 14.2 Å². The number of hydrogen-bond acceptors (Lipinski definition) is 7. The van der Waals surface area contributed by atoms with Crippen LogP contribution in [0.25, 0.3) is 22.3 Å². The van der Waals surface area contributed by atoms with Gasteiger partial charge in [-0.3, -0.25) is 0 Å². The van der Waals surface area contributed by atoms with Crippen LogP contribution in [-0.4, -0.2) is 27.5 Å². The lowest BCUT2D eigenvalue weighted by Crippen LogP contribution is -2.20. The first kappa shape index (κ1) is 34.5. The van der Waals surface area contributed by atoms with Crippen molar-refractivity contribution in [2.75, 3.05) is 13.2 Å². The zero-order valence-electron chi connectivity index (χ0n) is 27.3. The first-order chi connectivity index (χ1) is 24.4. The van der Waals surface area contributed by atoms with Gasteiger partial charge in [0.1, 0.15) is 28.1 Å². The van der Waals surface area contributed by atoms with Gasteiger partial charge in [0, 0.05) is 6.42 Å². The molecule has 0 aliphatic rings. The average Bonchev–Trinajstić information content (AvgIpc) is 3.71. The second kappa shape index (κ2) is 16.8. The van der Waals surface area contributed by atoms with Gasteiger partial charge < -0.3 is 19.3 Å². The maximum Gasteiger partial charge on any atom is 0.290 e. The van der Waals surface area contributed by atoms with Crippen LogP contribution in [0.2, 0.25) is 0 Å². The Kier molecular flexibility index (Phi) is 11.6. The minimum Gasteiger partial charge on any atom is -0.861 e. The number of nitrogens with zero attached hydrogens (tertiary/aromatic N) is 1. The zero-order valence-corrected chi connectivity index (χ0v) is 28.9. The van der Waals surface area contributed by atoms with Crippen LogP contribution in [0, 0.1) is 0 Å². The molecule has 1 heterocycles. The van der Waals surface area contributed by atoms with Gasteiger partial charge in [0.05, 0.1) is 13.2 Å².